The van der Waals surface area contributed by atoms with Gasteiger partial charge in [-0.05, 0) is 30.8 Å². The molecular formula is C26H27ClN6O. The minimum Gasteiger partial charge on any atom is -0.493 e. The van der Waals surface area contributed by atoms with Crippen LogP contribution in [0.4, 0.5) is 0 Å². The van der Waals surface area contributed by atoms with E-state index < -0.39 is 0 Å². The first-order chi connectivity index (χ1) is 16.7. The molecule has 2 aromatic heterocycles. The van der Waals surface area contributed by atoms with Crippen molar-refractivity contribution in [3.05, 3.63) is 59.1 Å². The standard InChI is InChI=1S/C26H27ClN6O/c1-31-10-12-32(13-11-31)14-15-33-26-22(23(27)25(28-29-26)18-5-3-2-4-6-18)24(30-33)20-7-8-21-19(17-20)9-16-34-21/h2-8,17H,9-16H2,1H3. The number of halogens is 1. The van der Waals surface area contributed by atoms with Gasteiger partial charge in [-0.1, -0.05) is 41.9 Å². The third-order valence-electron chi connectivity index (χ3n) is 6.83. The third-order valence-corrected chi connectivity index (χ3v) is 7.20. The van der Waals surface area contributed by atoms with E-state index in [9.17, 15) is 0 Å². The van der Waals surface area contributed by atoms with Gasteiger partial charge < -0.3 is 9.64 Å². The highest BCUT2D eigenvalue weighted by molar-refractivity contribution is 6.38. The van der Waals surface area contributed by atoms with Crippen LogP contribution < -0.4 is 4.74 Å². The van der Waals surface area contributed by atoms with Gasteiger partial charge in [-0.25, -0.2) is 4.68 Å². The number of hydrogen-bond donors (Lipinski definition) is 0. The van der Waals surface area contributed by atoms with Gasteiger partial charge in [-0.2, -0.15) is 5.10 Å². The summed E-state index contributed by atoms with van der Waals surface area (Å²) in [7, 11) is 2.17. The molecule has 174 valence electrons. The highest BCUT2D eigenvalue weighted by Gasteiger charge is 2.23. The molecule has 0 spiro atoms. The summed E-state index contributed by atoms with van der Waals surface area (Å²) in [5.41, 5.74) is 5.44. The Hall–Kier alpha value is -3.00. The van der Waals surface area contributed by atoms with E-state index in [0.29, 0.717) is 10.7 Å². The Bertz CT molecular complexity index is 1330. The number of piperazine rings is 1. The van der Waals surface area contributed by atoms with Crippen LogP contribution in [0.5, 0.6) is 5.75 Å². The lowest BCUT2D eigenvalue weighted by molar-refractivity contribution is 0.149. The maximum atomic E-state index is 7.03. The lowest BCUT2D eigenvalue weighted by Crippen LogP contribution is -2.45. The van der Waals surface area contributed by atoms with Crippen LogP contribution in [0.1, 0.15) is 5.56 Å². The molecule has 0 N–H and O–H groups in total. The molecule has 0 bridgehead atoms. The summed E-state index contributed by atoms with van der Waals surface area (Å²) in [5.74, 6) is 0.957. The first kappa shape index (κ1) is 21.5. The lowest BCUT2D eigenvalue weighted by Gasteiger charge is -2.32. The number of aromatic nitrogens is 4. The Morgan fingerprint density at radius 2 is 1.74 bits per heavy atom. The van der Waals surface area contributed by atoms with Crippen molar-refractivity contribution in [1.29, 1.82) is 0 Å². The van der Waals surface area contributed by atoms with Crippen LogP contribution in [0, 0.1) is 0 Å². The zero-order chi connectivity index (χ0) is 23.1. The van der Waals surface area contributed by atoms with Gasteiger partial charge in [0.25, 0.3) is 0 Å². The van der Waals surface area contributed by atoms with Crippen molar-refractivity contribution in [2.24, 2.45) is 0 Å². The predicted molar refractivity (Wildman–Crippen MR) is 134 cm³/mol. The van der Waals surface area contributed by atoms with E-state index >= 15 is 0 Å². The highest BCUT2D eigenvalue weighted by atomic mass is 35.5. The second-order valence-electron chi connectivity index (χ2n) is 9.06. The number of hydrogen-bond acceptors (Lipinski definition) is 6. The maximum absolute atomic E-state index is 7.03. The molecule has 6 rings (SSSR count). The topological polar surface area (TPSA) is 59.3 Å². The smallest absolute Gasteiger partial charge is 0.182 e. The van der Waals surface area contributed by atoms with Crippen molar-refractivity contribution in [3.63, 3.8) is 0 Å². The number of nitrogens with zero attached hydrogens (tertiary/aromatic N) is 6. The van der Waals surface area contributed by atoms with Gasteiger partial charge in [0.2, 0.25) is 0 Å². The van der Waals surface area contributed by atoms with Crippen LogP contribution in [0.3, 0.4) is 0 Å². The summed E-state index contributed by atoms with van der Waals surface area (Å²) in [5, 5.41) is 15.6. The molecule has 34 heavy (non-hydrogen) atoms. The molecule has 0 unspecified atom stereocenters. The number of ether oxygens (including phenoxy) is 1. The van der Waals surface area contributed by atoms with E-state index in [1.165, 1.54) is 5.56 Å². The minimum atomic E-state index is 0.591. The number of likely N-dealkylation sites (N-methyl/N-ethyl adjacent to an activating group) is 1. The predicted octanol–water partition coefficient (Wildman–Crippen LogP) is 4.00. The third kappa shape index (κ3) is 3.94. The first-order valence-corrected chi connectivity index (χ1v) is 12.2. The van der Waals surface area contributed by atoms with E-state index in [0.717, 1.165) is 85.9 Å². The molecule has 1 saturated heterocycles. The Labute approximate surface area is 203 Å². The number of rotatable bonds is 5. The average Bonchev–Trinajstić information content (AvgIpc) is 3.49. The summed E-state index contributed by atoms with van der Waals surface area (Å²) < 4.78 is 7.69. The second-order valence-corrected chi connectivity index (χ2v) is 9.44. The van der Waals surface area contributed by atoms with Gasteiger partial charge in [-0.15, -0.1) is 10.2 Å². The first-order valence-electron chi connectivity index (χ1n) is 11.8. The summed E-state index contributed by atoms with van der Waals surface area (Å²) in [6.45, 7) is 6.70. The van der Waals surface area contributed by atoms with Crippen molar-refractivity contribution in [1.82, 2.24) is 29.8 Å². The zero-order valence-corrected chi connectivity index (χ0v) is 20.0. The van der Waals surface area contributed by atoms with Gasteiger partial charge in [0.15, 0.2) is 5.65 Å². The molecule has 0 aliphatic carbocycles. The minimum absolute atomic E-state index is 0.591. The van der Waals surface area contributed by atoms with Crippen molar-refractivity contribution in [3.8, 4) is 28.3 Å². The van der Waals surface area contributed by atoms with Gasteiger partial charge in [0, 0.05) is 50.3 Å². The molecule has 2 aromatic carbocycles. The Kier molecular flexibility index (Phi) is 5.69. The average molecular weight is 475 g/mol. The summed E-state index contributed by atoms with van der Waals surface area (Å²) in [6.07, 6.45) is 0.911. The molecule has 8 heteroatoms. The molecule has 0 atom stereocenters. The van der Waals surface area contributed by atoms with Crippen LogP contribution in [-0.4, -0.2) is 76.2 Å². The van der Waals surface area contributed by atoms with E-state index in [1.54, 1.807) is 0 Å². The number of fused-ring (bicyclic) bond motifs is 2. The molecule has 2 aliphatic heterocycles. The summed E-state index contributed by atoms with van der Waals surface area (Å²) >= 11 is 7.03. The van der Waals surface area contributed by atoms with Gasteiger partial charge >= 0.3 is 0 Å². The van der Waals surface area contributed by atoms with E-state index in [-0.39, 0.29) is 0 Å². The van der Waals surface area contributed by atoms with Crippen molar-refractivity contribution in [2.75, 3.05) is 46.4 Å². The molecule has 0 saturated carbocycles. The van der Waals surface area contributed by atoms with Crippen molar-refractivity contribution >= 4 is 22.6 Å². The van der Waals surface area contributed by atoms with E-state index in [2.05, 4.69) is 39.2 Å². The van der Waals surface area contributed by atoms with Crippen molar-refractivity contribution < 1.29 is 4.74 Å². The zero-order valence-electron chi connectivity index (χ0n) is 19.2. The fourth-order valence-electron chi connectivity index (χ4n) is 4.80. The molecule has 0 radical (unpaired) electrons. The molecule has 0 amide bonds. The molecule has 2 aliphatic rings. The van der Waals surface area contributed by atoms with E-state index in [1.807, 2.05) is 41.1 Å². The maximum Gasteiger partial charge on any atom is 0.182 e. The van der Waals surface area contributed by atoms with Gasteiger partial charge in [0.1, 0.15) is 17.1 Å². The van der Waals surface area contributed by atoms with Crippen LogP contribution in [0.15, 0.2) is 48.5 Å². The van der Waals surface area contributed by atoms with Gasteiger partial charge in [0.05, 0.1) is 23.6 Å². The van der Waals surface area contributed by atoms with Gasteiger partial charge in [-0.3, -0.25) is 4.90 Å². The highest BCUT2D eigenvalue weighted by Crippen LogP contribution is 2.39. The lowest BCUT2D eigenvalue weighted by atomic mass is 10.0. The van der Waals surface area contributed by atoms with E-state index in [4.69, 9.17) is 21.4 Å². The summed E-state index contributed by atoms with van der Waals surface area (Å²) in [4.78, 5) is 4.85. The molecular weight excluding hydrogens is 448 g/mol. The fraction of sp³-hybridized carbons (Fsp3) is 0.346. The van der Waals surface area contributed by atoms with Crippen LogP contribution >= 0.6 is 11.6 Å². The largest absolute Gasteiger partial charge is 0.493 e. The molecule has 7 nitrogen and oxygen atoms in total. The normalized spacial score (nSPS) is 16.6. The Morgan fingerprint density at radius 1 is 0.912 bits per heavy atom. The molecule has 1 fully saturated rings. The summed E-state index contributed by atoms with van der Waals surface area (Å²) in [6, 6.07) is 16.2. The van der Waals surface area contributed by atoms with Crippen LogP contribution in [-0.2, 0) is 13.0 Å². The van der Waals surface area contributed by atoms with Crippen molar-refractivity contribution in [2.45, 2.75) is 13.0 Å². The molecule has 4 aromatic rings. The number of benzene rings is 2. The molecule has 4 heterocycles. The quantitative estimate of drug-likeness (QED) is 0.436. The monoisotopic (exact) mass is 474 g/mol. The fourth-order valence-corrected chi connectivity index (χ4v) is 5.12. The van der Waals surface area contributed by atoms with Crippen LogP contribution in [0.25, 0.3) is 33.5 Å². The van der Waals surface area contributed by atoms with Crippen LogP contribution in [0.2, 0.25) is 5.02 Å². The Morgan fingerprint density at radius 3 is 2.56 bits per heavy atom. The second kappa shape index (κ2) is 8.98. The SMILES string of the molecule is CN1CCN(CCn2nc(-c3ccc4c(c3)CCO4)c3c(Cl)c(-c4ccccc4)nnc32)CC1. The Balaban J connectivity index is 1.43.